The van der Waals surface area contributed by atoms with Crippen LogP contribution in [0.3, 0.4) is 0 Å². The first kappa shape index (κ1) is 18.0. The fourth-order valence-electron chi connectivity index (χ4n) is 2.38. The van der Waals surface area contributed by atoms with Crippen LogP contribution in [0, 0.1) is 0 Å². The Labute approximate surface area is 133 Å². The molecule has 0 N–H and O–H groups in total. The molecule has 0 spiro atoms. The van der Waals surface area contributed by atoms with Crippen LogP contribution in [-0.4, -0.2) is 44.7 Å². The largest absolute Gasteiger partial charge is 0.402 e. The topological polar surface area (TPSA) is 46.6 Å². The van der Waals surface area contributed by atoms with Crippen LogP contribution in [0.5, 0.6) is 0 Å². The molecule has 1 aromatic rings. The van der Waals surface area contributed by atoms with Crippen LogP contribution in [0.2, 0.25) is 0 Å². The maximum Gasteiger partial charge on any atom is 0.402 e. The van der Waals surface area contributed by atoms with E-state index in [4.69, 9.17) is 4.74 Å². The van der Waals surface area contributed by atoms with Crippen LogP contribution in [0.1, 0.15) is 18.4 Å². The predicted octanol–water partition coefficient (Wildman–Crippen LogP) is 3.03. The fourth-order valence-corrected chi connectivity index (χ4v) is 3.82. The lowest BCUT2D eigenvalue weighted by atomic mass is 10.1. The zero-order chi connectivity index (χ0) is 16.9. The van der Waals surface area contributed by atoms with Crippen molar-refractivity contribution in [3.8, 4) is 0 Å². The molecule has 1 aromatic carbocycles. The van der Waals surface area contributed by atoms with Crippen molar-refractivity contribution in [3.05, 3.63) is 41.3 Å². The number of halogens is 3. The van der Waals surface area contributed by atoms with E-state index in [0.29, 0.717) is 9.87 Å². The molecule has 1 heterocycles. The molecule has 0 bridgehead atoms. The van der Waals surface area contributed by atoms with Gasteiger partial charge in [0.25, 0.3) is 0 Å². The summed E-state index contributed by atoms with van der Waals surface area (Å²) in [5, 5.41) is 0.837. The Morgan fingerprint density at radius 2 is 1.78 bits per heavy atom. The number of benzene rings is 1. The Balaban J connectivity index is 2.23. The van der Waals surface area contributed by atoms with Crippen molar-refractivity contribution in [2.45, 2.75) is 25.1 Å². The second-order valence-corrected chi connectivity index (χ2v) is 7.03. The monoisotopic (exact) mass is 349 g/mol. The number of alkyl halides is 3. The van der Waals surface area contributed by atoms with Crippen LogP contribution in [0.4, 0.5) is 13.2 Å². The van der Waals surface area contributed by atoms with Gasteiger partial charge in [-0.1, -0.05) is 30.3 Å². The van der Waals surface area contributed by atoms with Crippen LogP contribution in [0.15, 0.2) is 35.7 Å². The highest BCUT2D eigenvalue weighted by Crippen LogP contribution is 2.25. The van der Waals surface area contributed by atoms with E-state index in [0.717, 1.165) is 5.41 Å². The molecular weight excluding hydrogens is 331 g/mol. The molecule has 1 saturated heterocycles. The number of sulfonamides is 1. The summed E-state index contributed by atoms with van der Waals surface area (Å²) >= 11 is 0. The molecular formula is C15H18F3NO3S. The molecule has 1 aliphatic heterocycles. The average molecular weight is 349 g/mol. The van der Waals surface area contributed by atoms with Gasteiger partial charge in [0.05, 0.1) is 0 Å². The number of hydrogen-bond donors (Lipinski definition) is 0. The summed E-state index contributed by atoms with van der Waals surface area (Å²) in [5.74, 6) is 0. The number of hydrogen-bond acceptors (Lipinski definition) is 3. The van der Waals surface area contributed by atoms with Gasteiger partial charge in [-0.15, -0.1) is 0 Å². The molecule has 0 unspecified atom stereocenters. The van der Waals surface area contributed by atoms with Gasteiger partial charge in [0.15, 0.2) is 0 Å². The summed E-state index contributed by atoms with van der Waals surface area (Å²) in [4.78, 5) is 0. The molecule has 23 heavy (non-hydrogen) atoms. The number of rotatable bonds is 5. The van der Waals surface area contributed by atoms with Crippen LogP contribution in [0.25, 0.3) is 6.08 Å². The maximum absolute atomic E-state index is 12.8. The number of ether oxygens (including phenoxy) is 1. The second-order valence-electron chi connectivity index (χ2n) is 5.26. The molecule has 0 aliphatic carbocycles. The van der Waals surface area contributed by atoms with Crippen molar-refractivity contribution in [2.75, 3.05) is 19.8 Å². The lowest BCUT2D eigenvalue weighted by Gasteiger charge is -2.32. The Kier molecular flexibility index (Phi) is 5.83. The summed E-state index contributed by atoms with van der Waals surface area (Å²) in [6.45, 7) is -0.965. The Hall–Kier alpha value is -1.38. The van der Waals surface area contributed by atoms with Crippen molar-refractivity contribution in [3.63, 3.8) is 0 Å². The lowest BCUT2D eigenvalue weighted by molar-refractivity contribution is -0.141. The molecule has 0 amide bonds. The Bertz CT molecular complexity index is 623. The summed E-state index contributed by atoms with van der Waals surface area (Å²) in [6.07, 6.45) is -2.77. The first-order valence-corrected chi connectivity index (χ1v) is 8.68. The highest BCUT2D eigenvalue weighted by atomic mass is 32.2. The summed E-state index contributed by atoms with van der Waals surface area (Å²) in [6, 6.07) is 7.86. The molecule has 8 heteroatoms. The second kappa shape index (κ2) is 7.46. The molecule has 1 fully saturated rings. The van der Waals surface area contributed by atoms with E-state index in [-0.39, 0.29) is 26.1 Å². The van der Waals surface area contributed by atoms with Crippen molar-refractivity contribution in [1.29, 1.82) is 0 Å². The van der Waals surface area contributed by atoms with Crippen molar-refractivity contribution < 1.29 is 26.3 Å². The van der Waals surface area contributed by atoms with Gasteiger partial charge in [-0.2, -0.15) is 17.5 Å². The summed E-state index contributed by atoms with van der Waals surface area (Å²) in [7, 11) is -4.18. The van der Waals surface area contributed by atoms with Crippen LogP contribution >= 0.6 is 0 Å². The van der Waals surface area contributed by atoms with E-state index in [9.17, 15) is 21.6 Å². The van der Waals surface area contributed by atoms with Gasteiger partial charge in [0, 0.05) is 24.7 Å². The smallest absolute Gasteiger partial charge is 0.381 e. The highest BCUT2D eigenvalue weighted by Gasteiger charge is 2.39. The van der Waals surface area contributed by atoms with E-state index in [1.54, 1.807) is 30.3 Å². The van der Waals surface area contributed by atoms with Gasteiger partial charge in [0.2, 0.25) is 10.0 Å². The van der Waals surface area contributed by atoms with Crippen molar-refractivity contribution >= 4 is 16.1 Å². The van der Waals surface area contributed by atoms with E-state index in [1.807, 2.05) is 0 Å². The van der Waals surface area contributed by atoms with Gasteiger partial charge in [-0.3, -0.25) is 0 Å². The lowest BCUT2D eigenvalue weighted by Crippen LogP contribution is -2.47. The zero-order valence-corrected chi connectivity index (χ0v) is 13.2. The molecule has 0 radical (unpaired) electrons. The van der Waals surface area contributed by atoms with E-state index < -0.39 is 28.8 Å². The quantitative estimate of drug-likeness (QED) is 0.821. The minimum Gasteiger partial charge on any atom is -0.381 e. The summed E-state index contributed by atoms with van der Waals surface area (Å²) < 4.78 is 68.8. The van der Waals surface area contributed by atoms with Crippen molar-refractivity contribution in [2.24, 2.45) is 0 Å². The average Bonchev–Trinajstić information content (AvgIpc) is 2.52. The zero-order valence-electron chi connectivity index (χ0n) is 12.4. The van der Waals surface area contributed by atoms with Crippen LogP contribution in [-0.2, 0) is 14.8 Å². The Morgan fingerprint density at radius 3 is 2.35 bits per heavy atom. The predicted molar refractivity (Wildman–Crippen MR) is 81.0 cm³/mol. The fraction of sp³-hybridized carbons (Fsp3) is 0.467. The standard InChI is InChI=1S/C15H18F3NO3S/c16-15(17,18)12-19(14-6-9-22-10-7-14)23(20,21)11-8-13-4-2-1-3-5-13/h1-5,8,11,14H,6-7,9-10,12H2. The highest BCUT2D eigenvalue weighted by molar-refractivity contribution is 7.92. The number of nitrogens with zero attached hydrogens (tertiary/aromatic N) is 1. The van der Waals surface area contributed by atoms with Gasteiger partial charge < -0.3 is 4.74 Å². The molecule has 4 nitrogen and oxygen atoms in total. The third-order valence-corrected chi connectivity index (χ3v) is 5.05. The van der Waals surface area contributed by atoms with E-state index in [1.165, 1.54) is 6.08 Å². The summed E-state index contributed by atoms with van der Waals surface area (Å²) in [5.41, 5.74) is 0.606. The van der Waals surface area contributed by atoms with Gasteiger partial charge in [-0.05, 0) is 24.5 Å². The van der Waals surface area contributed by atoms with Gasteiger partial charge >= 0.3 is 6.18 Å². The molecule has 0 aromatic heterocycles. The minimum atomic E-state index is -4.59. The maximum atomic E-state index is 12.8. The van der Waals surface area contributed by atoms with Crippen LogP contribution < -0.4 is 0 Å². The molecule has 1 aliphatic rings. The first-order chi connectivity index (χ1) is 10.8. The molecule has 0 atom stereocenters. The molecule has 2 rings (SSSR count). The van der Waals surface area contributed by atoms with Crippen molar-refractivity contribution in [1.82, 2.24) is 4.31 Å². The Morgan fingerprint density at radius 1 is 1.17 bits per heavy atom. The molecule has 0 saturated carbocycles. The third-order valence-electron chi connectivity index (χ3n) is 3.49. The van der Waals surface area contributed by atoms with Gasteiger partial charge in [0.1, 0.15) is 6.54 Å². The van der Waals surface area contributed by atoms with E-state index in [2.05, 4.69) is 0 Å². The SMILES string of the molecule is O=S(=O)(C=Cc1ccccc1)N(CC(F)(F)F)C1CCOCC1. The first-order valence-electron chi connectivity index (χ1n) is 7.17. The van der Waals surface area contributed by atoms with E-state index >= 15 is 0 Å². The molecule has 128 valence electrons. The normalized spacial score (nSPS) is 17.9. The van der Waals surface area contributed by atoms with Gasteiger partial charge in [-0.25, -0.2) is 8.42 Å². The third kappa shape index (κ3) is 5.63. The minimum absolute atomic E-state index is 0.258.